The Morgan fingerprint density at radius 1 is 1.40 bits per heavy atom. The Morgan fingerprint density at radius 2 is 2.00 bits per heavy atom. The van der Waals surface area contributed by atoms with Gasteiger partial charge in [-0.1, -0.05) is 13.8 Å². The van der Waals surface area contributed by atoms with Crippen molar-refractivity contribution in [3.05, 3.63) is 0 Å². The zero-order chi connectivity index (χ0) is 11.3. The summed E-state index contributed by atoms with van der Waals surface area (Å²) in [6.07, 6.45) is 1.10. The molecule has 0 aromatic heterocycles. The Kier molecular flexibility index (Phi) is 4.99. The van der Waals surface area contributed by atoms with Gasteiger partial charge in [-0.05, 0) is 19.3 Å². The fourth-order valence-electron chi connectivity index (χ4n) is 2.13. The molecule has 3 N–H and O–H groups in total. The molecule has 0 radical (unpaired) electrons. The molecule has 1 fully saturated rings. The van der Waals surface area contributed by atoms with Gasteiger partial charge < -0.3 is 10.5 Å². The molecule has 0 amide bonds. The van der Waals surface area contributed by atoms with E-state index < -0.39 is 0 Å². The Hall–Kier alpha value is -0.160. The summed E-state index contributed by atoms with van der Waals surface area (Å²) in [5.74, 6) is 0.659. The second-order valence-electron chi connectivity index (χ2n) is 5.07. The third kappa shape index (κ3) is 4.47. The van der Waals surface area contributed by atoms with Crippen LogP contribution in [0.2, 0.25) is 0 Å². The fraction of sp³-hybridized carbons (Fsp3) is 1.00. The lowest BCUT2D eigenvalue weighted by molar-refractivity contribution is -0.0119. The molecule has 1 unspecified atom stereocenters. The number of nitrogens with zero attached hydrogens (tertiary/aromatic N) is 1. The summed E-state index contributed by atoms with van der Waals surface area (Å²) in [6.45, 7) is 10.9. The molecule has 90 valence electrons. The summed E-state index contributed by atoms with van der Waals surface area (Å²) < 4.78 is 5.32. The van der Waals surface area contributed by atoms with Crippen LogP contribution in [-0.4, -0.2) is 43.4 Å². The normalized spacial score (nSPS) is 23.0. The molecule has 0 saturated carbocycles. The van der Waals surface area contributed by atoms with Gasteiger partial charge in [0.2, 0.25) is 0 Å². The zero-order valence-corrected chi connectivity index (χ0v) is 10.3. The molecular formula is C11H25N3O. The van der Waals surface area contributed by atoms with E-state index in [1.165, 1.54) is 0 Å². The van der Waals surface area contributed by atoms with Crippen LogP contribution in [0.15, 0.2) is 0 Å². The molecule has 1 rings (SSSR count). The van der Waals surface area contributed by atoms with Gasteiger partial charge in [0, 0.05) is 25.2 Å². The molecule has 4 heteroatoms. The largest absolute Gasteiger partial charge is 0.379 e. The lowest BCUT2D eigenvalue weighted by Crippen LogP contribution is -2.59. The highest BCUT2D eigenvalue weighted by Gasteiger charge is 2.26. The van der Waals surface area contributed by atoms with E-state index in [0.717, 1.165) is 32.7 Å². The van der Waals surface area contributed by atoms with Gasteiger partial charge in [0.15, 0.2) is 0 Å². The van der Waals surface area contributed by atoms with E-state index in [-0.39, 0.29) is 5.54 Å². The molecule has 15 heavy (non-hydrogen) atoms. The van der Waals surface area contributed by atoms with Crippen molar-refractivity contribution in [3.8, 4) is 0 Å². The molecule has 0 aromatic rings. The van der Waals surface area contributed by atoms with Gasteiger partial charge in [0.05, 0.1) is 13.2 Å². The third-order valence-corrected chi connectivity index (χ3v) is 2.75. The molecular weight excluding hydrogens is 190 g/mol. The lowest BCUT2D eigenvalue weighted by Gasteiger charge is -2.38. The van der Waals surface area contributed by atoms with Crippen LogP contribution in [0.4, 0.5) is 0 Å². The Bertz CT molecular complexity index is 181. The van der Waals surface area contributed by atoms with Crippen molar-refractivity contribution in [3.63, 3.8) is 0 Å². The molecule has 0 aromatic carbocycles. The smallest absolute Gasteiger partial charge is 0.0608 e. The molecule has 0 spiro atoms. The first-order valence-electron chi connectivity index (χ1n) is 5.86. The summed E-state index contributed by atoms with van der Waals surface area (Å²) in [7, 11) is 0. The van der Waals surface area contributed by atoms with Crippen molar-refractivity contribution in [2.45, 2.75) is 32.7 Å². The quantitative estimate of drug-likeness (QED) is 0.704. The third-order valence-electron chi connectivity index (χ3n) is 2.75. The molecule has 1 atom stereocenters. The maximum Gasteiger partial charge on any atom is 0.0608 e. The summed E-state index contributed by atoms with van der Waals surface area (Å²) in [5.41, 5.74) is 9.41. The number of hydrogen-bond donors (Lipinski definition) is 2. The lowest BCUT2D eigenvalue weighted by atomic mass is 9.91. The number of nitrogens with one attached hydrogen (secondary N) is 1. The van der Waals surface area contributed by atoms with Crippen LogP contribution in [0.3, 0.4) is 0 Å². The minimum atomic E-state index is 0.0194. The van der Waals surface area contributed by atoms with Gasteiger partial charge in [-0.3, -0.25) is 0 Å². The fourth-order valence-corrected chi connectivity index (χ4v) is 2.13. The maximum atomic E-state index is 5.85. The topological polar surface area (TPSA) is 50.5 Å². The Balaban J connectivity index is 2.42. The second-order valence-corrected chi connectivity index (χ2v) is 5.07. The number of hydrazine groups is 1. The van der Waals surface area contributed by atoms with Crippen LogP contribution in [0, 0.1) is 5.92 Å². The second kappa shape index (κ2) is 5.80. The molecule has 4 nitrogen and oxygen atoms in total. The SMILES string of the molecule is CC(C)CC(C)(CN)NN1CCOCC1. The summed E-state index contributed by atoms with van der Waals surface area (Å²) in [5, 5.41) is 2.23. The maximum absolute atomic E-state index is 5.85. The van der Waals surface area contributed by atoms with Gasteiger partial charge in [0.1, 0.15) is 0 Å². The van der Waals surface area contributed by atoms with Gasteiger partial charge in [-0.2, -0.15) is 0 Å². The van der Waals surface area contributed by atoms with Crippen LogP contribution < -0.4 is 11.2 Å². The molecule has 1 heterocycles. The first-order chi connectivity index (χ1) is 7.06. The summed E-state index contributed by atoms with van der Waals surface area (Å²) in [6, 6.07) is 0. The van der Waals surface area contributed by atoms with Gasteiger partial charge in [-0.15, -0.1) is 0 Å². The van der Waals surface area contributed by atoms with E-state index in [2.05, 4.69) is 31.2 Å². The van der Waals surface area contributed by atoms with Crippen molar-refractivity contribution in [2.75, 3.05) is 32.8 Å². The van der Waals surface area contributed by atoms with Crippen LogP contribution in [-0.2, 0) is 4.74 Å². The molecule has 1 aliphatic heterocycles. The van der Waals surface area contributed by atoms with E-state index in [1.807, 2.05) is 0 Å². The minimum Gasteiger partial charge on any atom is -0.379 e. The molecule has 0 aliphatic carbocycles. The van der Waals surface area contributed by atoms with E-state index in [4.69, 9.17) is 10.5 Å². The predicted molar refractivity (Wildman–Crippen MR) is 62.4 cm³/mol. The van der Waals surface area contributed by atoms with Crippen LogP contribution >= 0.6 is 0 Å². The number of rotatable bonds is 5. The van der Waals surface area contributed by atoms with Crippen LogP contribution in [0.1, 0.15) is 27.2 Å². The van der Waals surface area contributed by atoms with Gasteiger partial charge >= 0.3 is 0 Å². The predicted octanol–water partition coefficient (Wildman–Crippen LogP) is 0.587. The zero-order valence-electron chi connectivity index (χ0n) is 10.3. The van der Waals surface area contributed by atoms with Crippen molar-refractivity contribution in [2.24, 2.45) is 11.7 Å². The minimum absolute atomic E-state index is 0.0194. The number of morpholine rings is 1. The van der Waals surface area contributed by atoms with Crippen LogP contribution in [0.25, 0.3) is 0 Å². The van der Waals surface area contributed by atoms with E-state index in [0.29, 0.717) is 12.5 Å². The number of hydrogen-bond acceptors (Lipinski definition) is 4. The summed E-state index contributed by atoms with van der Waals surface area (Å²) >= 11 is 0. The van der Waals surface area contributed by atoms with Crippen molar-refractivity contribution < 1.29 is 4.74 Å². The first-order valence-corrected chi connectivity index (χ1v) is 5.86. The first kappa shape index (κ1) is 12.9. The van der Waals surface area contributed by atoms with Crippen molar-refractivity contribution in [1.29, 1.82) is 0 Å². The van der Waals surface area contributed by atoms with Crippen molar-refractivity contribution >= 4 is 0 Å². The average molecular weight is 215 g/mol. The van der Waals surface area contributed by atoms with Crippen LogP contribution in [0.5, 0.6) is 0 Å². The Morgan fingerprint density at radius 3 is 2.47 bits per heavy atom. The average Bonchev–Trinajstić information content (AvgIpc) is 2.18. The van der Waals surface area contributed by atoms with E-state index in [1.54, 1.807) is 0 Å². The van der Waals surface area contributed by atoms with E-state index >= 15 is 0 Å². The monoisotopic (exact) mass is 215 g/mol. The molecule has 0 bridgehead atoms. The highest BCUT2D eigenvalue weighted by molar-refractivity contribution is 4.84. The molecule has 1 saturated heterocycles. The highest BCUT2D eigenvalue weighted by Crippen LogP contribution is 2.16. The van der Waals surface area contributed by atoms with Gasteiger partial charge in [-0.25, -0.2) is 10.4 Å². The highest BCUT2D eigenvalue weighted by atomic mass is 16.5. The number of ether oxygens (including phenoxy) is 1. The van der Waals surface area contributed by atoms with E-state index in [9.17, 15) is 0 Å². The van der Waals surface area contributed by atoms with Crippen molar-refractivity contribution in [1.82, 2.24) is 10.4 Å². The number of nitrogens with two attached hydrogens (primary N) is 1. The molecule has 1 aliphatic rings. The Labute approximate surface area is 93.1 Å². The standard InChI is InChI=1S/C11H25N3O/c1-10(2)8-11(3,9-12)13-14-4-6-15-7-5-14/h10,13H,4-9,12H2,1-3H3. The summed E-state index contributed by atoms with van der Waals surface area (Å²) in [4.78, 5) is 0. The van der Waals surface area contributed by atoms with Gasteiger partial charge in [0.25, 0.3) is 0 Å².